The van der Waals surface area contributed by atoms with Gasteiger partial charge in [0.15, 0.2) is 5.60 Å². The van der Waals surface area contributed by atoms with Crippen molar-refractivity contribution in [2.45, 2.75) is 24.9 Å². The number of amides is 2. The van der Waals surface area contributed by atoms with Crippen molar-refractivity contribution in [2.24, 2.45) is 0 Å². The van der Waals surface area contributed by atoms with E-state index in [1.807, 2.05) is 73.3 Å². The number of benzene rings is 2. The summed E-state index contributed by atoms with van der Waals surface area (Å²) < 4.78 is 6.29. The van der Waals surface area contributed by atoms with Gasteiger partial charge in [0, 0.05) is 32.1 Å². The summed E-state index contributed by atoms with van der Waals surface area (Å²) in [6.07, 6.45) is 0.338. The van der Waals surface area contributed by atoms with Crippen LogP contribution < -0.4 is 0 Å². The highest BCUT2D eigenvalue weighted by atomic mass is 16.5. The zero-order valence-electron chi connectivity index (χ0n) is 19.3. The second-order valence-electron chi connectivity index (χ2n) is 9.23. The summed E-state index contributed by atoms with van der Waals surface area (Å²) in [6, 6.07) is 18.2. The number of carbonyl (C=O) groups excluding carboxylic acids is 2. The summed E-state index contributed by atoms with van der Waals surface area (Å²) in [7, 11) is 4.02. The highest BCUT2D eigenvalue weighted by Gasteiger charge is 2.58. The first-order valence-corrected chi connectivity index (χ1v) is 11.4. The van der Waals surface area contributed by atoms with E-state index in [0.29, 0.717) is 39.2 Å². The molecule has 0 bridgehead atoms. The van der Waals surface area contributed by atoms with Crippen LogP contribution in [0.1, 0.15) is 22.6 Å². The number of rotatable bonds is 6. The van der Waals surface area contributed by atoms with Crippen molar-refractivity contribution in [1.29, 1.82) is 0 Å². The molecule has 0 aromatic heterocycles. The number of hydrogen-bond acceptors (Lipinski definition) is 4. The molecule has 170 valence electrons. The minimum absolute atomic E-state index is 0.000962. The molecule has 2 aromatic carbocycles. The van der Waals surface area contributed by atoms with Crippen molar-refractivity contribution in [3.05, 3.63) is 71.3 Å². The van der Waals surface area contributed by atoms with E-state index in [1.54, 1.807) is 0 Å². The summed E-state index contributed by atoms with van der Waals surface area (Å²) >= 11 is 0. The molecule has 2 aliphatic rings. The fourth-order valence-corrected chi connectivity index (χ4v) is 4.73. The molecule has 2 aliphatic heterocycles. The van der Waals surface area contributed by atoms with Gasteiger partial charge >= 0.3 is 0 Å². The van der Waals surface area contributed by atoms with E-state index in [2.05, 4.69) is 17.0 Å². The number of likely N-dealkylation sites (tertiary alicyclic amines) is 1. The monoisotopic (exact) mass is 435 g/mol. The first kappa shape index (κ1) is 22.5. The Kier molecular flexibility index (Phi) is 6.63. The lowest BCUT2D eigenvalue weighted by Crippen LogP contribution is -2.59. The number of aryl methyl sites for hydroxylation is 1. The second-order valence-corrected chi connectivity index (χ2v) is 9.23. The van der Waals surface area contributed by atoms with Crippen molar-refractivity contribution >= 4 is 11.8 Å². The van der Waals surface area contributed by atoms with Crippen LogP contribution in [0.5, 0.6) is 0 Å². The van der Waals surface area contributed by atoms with E-state index in [4.69, 9.17) is 4.74 Å². The molecule has 0 radical (unpaired) electrons. The smallest absolute Gasteiger partial charge is 0.257 e. The van der Waals surface area contributed by atoms with Crippen molar-refractivity contribution in [3.8, 4) is 0 Å². The minimum Gasteiger partial charge on any atom is -0.361 e. The molecule has 2 saturated heterocycles. The van der Waals surface area contributed by atoms with Gasteiger partial charge in [0.1, 0.15) is 0 Å². The van der Waals surface area contributed by atoms with Crippen molar-refractivity contribution < 1.29 is 14.3 Å². The van der Waals surface area contributed by atoms with Gasteiger partial charge < -0.3 is 19.4 Å². The summed E-state index contributed by atoms with van der Waals surface area (Å²) in [6.45, 7) is 5.27. The Hall–Kier alpha value is -2.70. The van der Waals surface area contributed by atoms with Crippen LogP contribution in [0.25, 0.3) is 0 Å². The zero-order chi connectivity index (χ0) is 22.7. The van der Waals surface area contributed by atoms with Crippen LogP contribution in [0.4, 0.5) is 0 Å². The van der Waals surface area contributed by atoms with Crippen LogP contribution in [-0.2, 0) is 20.7 Å². The van der Waals surface area contributed by atoms with Gasteiger partial charge in [-0.1, -0.05) is 60.2 Å². The topological polar surface area (TPSA) is 53.1 Å². The highest BCUT2D eigenvalue weighted by molar-refractivity contribution is 5.91. The molecule has 0 N–H and O–H groups in total. The molecule has 4 rings (SSSR count). The normalized spacial score (nSPS) is 23.4. The number of morpholine rings is 1. The average Bonchev–Trinajstić information content (AvgIpc) is 3.05. The van der Waals surface area contributed by atoms with E-state index in [9.17, 15) is 9.59 Å². The Morgan fingerprint density at radius 3 is 2.53 bits per heavy atom. The Morgan fingerprint density at radius 1 is 1.12 bits per heavy atom. The number of carbonyl (C=O) groups is 2. The molecule has 6 heteroatoms. The minimum atomic E-state index is -1.02. The van der Waals surface area contributed by atoms with Crippen LogP contribution >= 0.6 is 0 Å². The summed E-state index contributed by atoms with van der Waals surface area (Å²) in [5.41, 5.74) is 2.23. The lowest BCUT2D eigenvalue weighted by molar-refractivity contribution is -0.167. The first-order chi connectivity index (χ1) is 15.4. The van der Waals surface area contributed by atoms with Gasteiger partial charge in [0.05, 0.1) is 19.6 Å². The molecular weight excluding hydrogens is 402 g/mol. The SMILES string of the molecule is Cc1ccc(CC(=O)N2CCO[C@]3(C2)C(=O)N(CCN(C)C)C[C@@H]3c2ccccc2)cc1. The third kappa shape index (κ3) is 4.57. The maximum Gasteiger partial charge on any atom is 0.257 e. The largest absolute Gasteiger partial charge is 0.361 e. The fourth-order valence-electron chi connectivity index (χ4n) is 4.73. The number of ether oxygens (including phenoxy) is 1. The van der Waals surface area contributed by atoms with Crippen LogP contribution in [0.2, 0.25) is 0 Å². The van der Waals surface area contributed by atoms with Gasteiger partial charge in [-0.15, -0.1) is 0 Å². The van der Waals surface area contributed by atoms with Gasteiger partial charge in [-0.2, -0.15) is 0 Å². The molecule has 0 unspecified atom stereocenters. The molecular formula is C26H33N3O3. The fraction of sp³-hybridized carbons (Fsp3) is 0.462. The number of hydrogen-bond donors (Lipinski definition) is 0. The van der Waals surface area contributed by atoms with Crippen LogP contribution in [0, 0.1) is 6.92 Å². The lowest BCUT2D eigenvalue weighted by Gasteiger charge is -2.42. The summed E-state index contributed by atoms with van der Waals surface area (Å²) in [4.78, 5) is 32.7. The Bertz CT molecular complexity index is 945. The molecule has 2 aromatic rings. The lowest BCUT2D eigenvalue weighted by atomic mass is 9.83. The Morgan fingerprint density at radius 2 is 1.84 bits per heavy atom. The summed E-state index contributed by atoms with van der Waals surface area (Å²) in [5.74, 6) is -0.0581. The third-order valence-electron chi connectivity index (χ3n) is 6.61. The molecule has 6 nitrogen and oxygen atoms in total. The molecule has 2 fully saturated rings. The molecule has 2 atom stereocenters. The van der Waals surface area contributed by atoms with Crippen LogP contribution in [0.3, 0.4) is 0 Å². The predicted octanol–water partition coefficient (Wildman–Crippen LogP) is 2.32. The molecule has 2 amide bonds. The van der Waals surface area contributed by atoms with E-state index >= 15 is 0 Å². The molecule has 0 saturated carbocycles. The maximum atomic E-state index is 13.7. The van der Waals surface area contributed by atoms with Gasteiger partial charge in [0.25, 0.3) is 5.91 Å². The van der Waals surface area contributed by atoms with Crippen LogP contribution in [0.15, 0.2) is 54.6 Å². The average molecular weight is 436 g/mol. The second kappa shape index (κ2) is 9.43. The maximum absolute atomic E-state index is 13.7. The Balaban J connectivity index is 1.58. The van der Waals surface area contributed by atoms with E-state index in [1.165, 1.54) is 5.56 Å². The highest BCUT2D eigenvalue weighted by Crippen LogP contribution is 2.42. The quantitative estimate of drug-likeness (QED) is 0.699. The van der Waals surface area contributed by atoms with E-state index < -0.39 is 5.60 Å². The molecule has 0 aliphatic carbocycles. The van der Waals surface area contributed by atoms with E-state index in [-0.39, 0.29) is 17.7 Å². The predicted molar refractivity (Wildman–Crippen MR) is 124 cm³/mol. The zero-order valence-corrected chi connectivity index (χ0v) is 19.3. The van der Waals surface area contributed by atoms with Crippen molar-refractivity contribution in [3.63, 3.8) is 0 Å². The van der Waals surface area contributed by atoms with Gasteiger partial charge in [-0.05, 0) is 32.1 Å². The van der Waals surface area contributed by atoms with Crippen molar-refractivity contribution in [2.75, 3.05) is 53.4 Å². The number of likely N-dealkylation sites (N-methyl/N-ethyl adjacent to an activating group) is 1. The van der Waals surface area contributed by atoms with Crippen molar-refractivity contribution in [1.82, 2.24) is 14.7 Å². The standard InChI is InChI=1S/C26H33N3O3/c1-20-9-11-21(12-10-20)17-24(30)29-15-16-32-26(19-29)23(22-7-5-4-6-8-22)18-28(25(26)31)14-13-27(2)3/h4-12,23H,13-19H2,1-3H3/t23-,26+/m1/s1. The first-order valence-electron chi connectivity index (χ1n) is 11.4. The van der Waals surface area contributed by atoms with E-state index in [0.717, 1.165) is 17.7 Å². The third-order valence-corrected chi connectivity index (χ3v) is 6.61. The van der Waals surface area contributed by atoms with Crippen LogP contribution in [-0.4, -0.2) is 85.5 Å². The van der Waals surface area contributed by atoms with Gasteiger partial charge in [-0.3, -0.25) is 9.59 Å². The summed E-state index contributed by atoms with van der Waals surface area (Å²) in [5, 5.41) is 0. The molecule has 2 heterocycles. The number of nitrogens with zero attached hydrogens (tertiary/aromatic N) is 3. The molecule has 32 heavy (non-hydrogen) atoms. The Labute approximate surface area is 190 Å². The van der Waals surface area contributed by atoms with Gasteiger partial charge in [-0.25, -0.2) is 0 Å². The molecule has 1 spiro atoms. The van der Waals surface area contributed by atoms with Gasteiger partial charge in [0.2, 0.25) is 5.91 Å².